The maximum atomic E-state index is 12.8. The van der Waals surface area contributed by atoms with Gasteiger partial charge in [0.15, 0.2) is 0 Å². The summed E-state index contributed by atoms with van der Waals surface area (Å²) in [5.74, 6) is -0.327. The second kappa shape index (κ2) is 6.81. The monoisotopic (exact) mass is 254 g/mol. The molecule has 2 atom stereocenters. The molecule has 0 aromatic carbocycles. The van der Waals surface area contributed by atoms with Crippen LogP contribution in [0.15, 0.2) is 18.3 Å². The predicted molar refractivity (Wildman–Crippen MR) is 70.8 cm³/mol. The fraction of sp³-hybridized carbons (Fsp3) is 0.643. The topological polar surface area (TPSA) is 45.1 Å². The van der Waals surface area contributed by atoms with E-state index < -0.39 is 5.60 Å². The molecule has 2 N–H and O–H groups in total. The van der Waals surface area contributed by atoms with Crippen LogP contribution < -0.4 is 5.32 Å². The number of pyridine rings is 1. The summed E-state index contributed by atoms with van der Waals surface area (Å²) in [5, 5.41) is 13.4. The summed E-state index contributed by atoms with van der Waals surface area (Å²) in [6.45, 7) is 6.43. The van der Waals surface area contributed by atoms with Gasteiger partial charge in [-0.15, -0.1) is 0 Å². The van der Waals surface area contributed by atoms with E-state index >= 15 is 0 Å². The maximum Gasteiger partial charge on any atom is 0.141 e. The van der Waals surface area contributed by atoms with Crippen molar-refractivity contribution in [2.24, 2.45) is 0 Å². The van der Waals surface area contributed by atoms with E-state index in [1.165, 1.54) is 12.3 Å². The van der Waals surface area contributed by atoms with E-state index in [2.05, 4.69) is 10.3 Å². The minimum Gasteiger partial charge on any atom is -0.389 e. The van der Waals surface area contributed by atoms with Crippen molar-refractivity contribution in [3.8, 4) is 0 Å². The Balaban J connectivity index is 2.60. The molecule has 0 saturated heterocycles. The number of aromatic nitrogens is 1. The molecular weight excluding hydrogens is 231 g/mol. The lowest BCUT2D eigenvalue weighted by Crippen LogP contribution is -2.39. The Labute approximate surface area is 108 Å². The highest BCUT2D eigenvalue weighted by molar-refractivity contribution is 5.09. The quantitative estimate of drug-likeness (QED) is 0.786. The van der Waals surface area contributed by atoms with E-state index in [0.717, 1.165) is 25.0 Å². The van der Waals surface area contributed by atoms with Gasteiger partial charge >= 0.3 is 0 Å². The molecule has 0 amide bonds. The third kappa shape index (κ3) is 4.70. The van der Waals surface area contributed by atoms with Crippen LogP contribution in [-0.4, -0.2) is 22.2 Å². The van der Waals surface area contributed by atoms with Crippen molar-refractivity contribution in [1.29, 1.82) is 0 Å². The molecule has 102 valence electrons. The van der Waals surface area contributed by atoms with Crippen molar-refractivity contribution >= 4 is 0 Å². The highest BCUT2D eigenvalue weighted by atomic mass is 19.1. The Morgan fingerprint density at radius 1 is 1.44 bits per heavy atom. The van der Waals surface area contributed by atoms with Crippen molar-refractivity contribution in [3.63, 3.8) is 0 Å². The molecule has 2 unspecified atom stereocenters. The van der Waals surface area contributed by atoms with Gasteiger partial charge in [-0.05, 0) is 31.9 Å². The molecule has 1 rings (SSSR count). The zero-order valence-electron chi connectivity index (χ0n) is 11.4. The fourth-order valence-corrected chi connectivity index (χ4v) is 2.02. The first-order valence-corrected chi connectivity index (χ1v) is 6.55. The van der Waals surface area contributed by atoms with E-state index in [4.69, 9.17) is 0 Å². The minimum absolute atomic E-state index is 0.0499. The summed E-state index contributed by atoms with van der Waals surface area (Å²) >= 11 is 0. The number of hydrogen-bond acceptors (Lipinski definition) is 3. The molecular formula is C14H23FN2O. The van der Waals surface area contributed by atoms with Gasteiger partial charge in [-0.3, -0.25) is 4.98 Å². The van der Waals surface area contributed by atoms with Crippen LogP contribution in [-0.2, 0) is 0 Å². The lowest BCUT2D eigenvalue weighted by atomic mass is 9.99. The second-order valence-corrected chi connectivity index (χ2v) is 4.99. The molecule has 0 radical (unpaired) electrons. The summed E-state index contributed by atoms with van der Waals surface area (Å²) in [4.78, 5) is 4.08. The molecule has 1 aromatic heterocycles. The molecule has 0 saturated carbocycles. The maximum absolute atomic E-state index is 12.8. The highest BCUT2D eigenvalue weighted by Gasteiger charge is 2.21. The van der Waals surface area contributed by atoms with Crippen molar-refractivity contribution < 1.29 is 9.50 Å². The normalized spacial score (nSPS) is 16.3. The van der Waals surface area contributed by atoms with E-state index in [1.807, 2.05) is 20.8 Å². The molecule has 1 heterocycles. The van der Waals surface area contributed by atoms with E-state index in [-0.39, 0.29) is 11.9 Å². The molecule has 18 heavy (non-hydrogen) atoms. The van der Waals surface area contributed by atoms with Crippen LogP contribution in [0.5, 0.6) is 0 Å². The zero-order chi connectivity index (χ0) is 13.6. The fourth-order valence-electron chi connectivity index (χ4n) is 2.02. The van der Waals surface area contributed by atoms with Crippen molar-refractivity contribution in [2.75, 3.05) is 6.54 Å². The average molecular weight is 254 g/mol. The molecule has 0 aliphatic rings. The van der Waals surface area contributed by atoms with Gasteiger partial charge in [-0.2, -0.15) is 0 Å². The van der Waals surface area contributed by atoms with E-state index in [9.17, 15) is 9.50 Å². The largest absolute Gasteiger partial charge is 0.389 e. The Bertz CT molecular complexity index is 351. The SMILES string of the molecule is CCCC(C)(O)CNC(CC)c1ccc(F)cn1. The molecule has 1 aromatic rings. The predicted octanol–water partition coefficient (Wildman–Crippen LogP) is 2.81. The summed E-state index contributed by atoms with van der Waals surface area (Å²) < 4.78 is 12.8. The van der Waals surface area contributed by atoms with Gasteiger partial charge in [0.1, 0.15) is 5.82 Å². The molecule has 3 nitrogen and oxygen atoms in total. The average Bonchev–Trinajstić information content (AvgIpc) is 2.32. The summed E-state index contributed by atoms with van der Waals surface area (Å²) in [6, 6.07) is 3.15. The lowest BCUT2D eigenvalue weighted by Gasteiger charge is -2.26. The Hall–Kier alpha value is -1.00. The van der Waals surface area contributed by atoms with Gasteiger partial charge in [0, 0.05) is 12.6 Å². The third-order valence-corrected chi connectivity index (χ3v) is 3.03. The van der Waals surface area contributed by atoms with Crippen LogP contribution >= 0.6 is 0 Å². The standard InChI is InChI=1S/C14H23FN2O/c1-4-8-14(3,18)10-17-12(5-2)13-7-6-11(15)9-16-13/h6-7,9,12,17-18H,4-5,8,10H2,1-3H3. The second-order valence-electron chi connectivity index (χ2n) is 4.99. The molecule has 0 fully saturated rings. The number of aliphatic hydroxyl groups is 1. The van der Waals surface area contributed by atoms with E-state index in [0.29, 0.717) is 6.54 Å². The number of nitrogens with one attached hydrogen (secondary N) is 1. The van der Waals surface area contributed by atoms with Crippen LogP contribution in [0.2, 0.25) is 0 Å². The Morgan fingerprint density at radius 2 is 2.17 bits per heavy atom. The minimum atomic E-state index is -0.706. The first-order valence-electron chi connectivity index (χ1n) is 6.55. The van der Waals surface area contributed by atoms with E-state index in [1.54, 1.807) is 6.07 Å². The molecule has 0 bridgehead atoms. The zero-order valence-corrected chi connectivity index (χ0v) is 11.4. The smallest absolute Gasteiger partial charge is 0.141 e. The Morgan fingerprint density at radius 3 is 2.67 bits per heavy atom. The summed E-state index contributed by atoms with van der Waals surface area (Å²) in [5.41, 5.74) is 0.105. The van der Waals surface area contributed by atoms with Crippen LogP contribution in [0.25, 0.3) is 0 Å². The van der Waals surface area contributed by atoms with Gasteiger partial charge in [0.25, 0.3) is 0 Å². The molecule has 0 aliphatic heterocycles. The summed E-state index contributed by atoms with van der Waals surface area (Å²) in [6.07, 6.45) is 3.78. The number of hydrogen-bond donors (Lipinski definition) is 2. The number of halogens is 1. The first kappa shape index (κ1) is 15.1. The van der Waals surface area contributed by atoms with Gasteiger partial charge < -0.3 is 10.4 Å². The van der Waals surface area contributed by atoms with Crippen LogP contribution in [0.4, 0.5) is 4.39 Å². The van der Waals surface area contributed by atoms with Crippen molar-refractivity contribution in [2.45, 2.75) is 51.7 Å². The van der Waals surface area contributed by atoms with Gasteiger partial charge in [-0.1, -0.05) is 20.3 Å². The van der Waals surface area contributed by atoms with Gasteiger partial charge in [0.05, 0.1) is 17.5 Å². The van der Waals surface area contributed by atoms with Crippen LogP contribution in [0.3, 0.4) is 0 Å². The number of nitrogens with zero attached hydrogens (tertiary/aromatic N) is 1. The van der Waals surface area contributed by atoms with Crippen molar-refractivity contribution in [1.82, 2.24) is 10.3 Å². The third-order valence-electron chi connectivity index (χ3n) is 3.03. The van der Waals surface area contributed by atoms with Crippen LogP contribution in [0.1, 0.15) is 51.8 Å². The van der Waals surface area contributed by atoms with Crippen molar-refractivity contribution in [3.05, 3.63) is 29.8 Å². The highest BCUT2D eigenvalue weighted by Crippen LogP contribution is 2.17. The lowest BCUT2D eigenvalue weighted by molar-refractivity contribution is 0.0468. The van der Waals surface area contributed by atoms with Gasteiger partial charge in [0.2, 0.25) is 0 Å². The molecule has 4 heteroatoms. The van der Waals surface area contributed by atoms with Crippen LogP contribution in [0, 0.1) is 5.82 Å². The first-order chi connectivity index (χ1) is 8.48. The summed E-state index contributed by atoms with van der Waals surface area (Å²) in [7, 11) is 0. The molecule has 0 aliphatic carbocycles. The molecule has 0 spiro atoms. The number of rotatable bonds is 7. The van der Waals surface area contributed by atoms with Gasteiger partial charge in [-0.25, -0.2) is 4.39 Å². The Kier molecular flexibility index (Phi) is 5.69.